The van der Waals surface area contributed by atoms with Crippen molar-refractivity contribution >= 4 is 17.7 Å². The lowest BCUT2D eigenvalue weighted by atomic mass is 9.99. The molecule has 4 nitrogen and oxygen atoms in total. The zero-order valence-electron chi connectivity index (χ0n) is 10.6. The Bertz CT molecular complexity index is 258. The number of carboxylic acids is 1. The molecular formula is C12H23NO3S. The Kier molecular flexibility index (Phi) is 5.76. The first-order valence-corrected chi connectivity index (χ1v) is 7.26. The number of carbonyl (C=O) groups is 1. The van der Waals surface area contributed by atoms with Gasteiger partial charge in [0.25, 0.3) is 0 Å². The first kappa shape index (κ1) is 14.8. The van der Waals surface area contributed by atoms with Crippen LogP contribution in [0.15, 0.2) is 0 Å². The second-order valence-corrected chi connectivity index (χ2v) is 6.55. The van der Waals surface area contributed by atoms with Crippen molar-refractivity contribution in [3.05, 3.63) is 0 Å². The van der Waals surface area contributed by atoms with Crippen LogP contribution in [0.1, 0.15) is 39.5 Å². The van der Waals surface area contributed by atoms with E-state index in [0.29, 0.717) is 17.7 Å². The summed E-state index contributed by atoms with van der Waals surface area (Å²) in [4.78, 5) is 11.3. The van der Waals surface area contributed by atoms with E-state index in [0.717, 1.165) is 25.0 Å². The Morgan fingerprint density at radius 3 is 2.71 bits per heavy atom. The normalized spacial score (nSPS) is 20.9. The highest BCUT2D eigenvalue weighted by atomic mass is 32.2. The minimum absolute atomic E-state index is 0.199. The molecule has 0 aromatic carbocycles. The van der Waals surface area contributed by atoms with Gasteiger partial charge in [-0.15, -0.1) is 0 Å². The summed E-state index contributed by atoms with van der Waals surface area (Å²) < 4.78 is 0. The fourth-order valence-electron chi connectivity index (χ4n) is 1.65. The van der Waals surface area contributed by atoms with E-state index in [1.807, 2.05) is 0 Å². The summed E-state index contributed by atoms with van der Waals surface area (Å²) >= 11 is 1.73. The maximum Gasteiger partial charge on any atom is 0.323 e. The second-order valence-electron chi connectivity index (χ2n) is 5.00. The third-order valence-electron chi connectivity index (χ3n) is 3.11. The van der Waals surface area contributed by atoms with E-state index in [-0.39, 0.29) is 6.61 Å². The maximum atomic E-state index is 11.3. The lowest BCUT2D eigenvalue weighted by molar-refractivity contribution is -0.144. The predicted octanol–water partition coefficient (Wildman–Crippen LogP) is 1.48. The van der Waals surface area contributed by atoms with Crippen LogP contribution in [0, 0.1) is 0 Å². The number of aliphatic carboxylic acids is 1. The molecule has 2 unspecified atom stereocenters. The van der Waals surface area contributed by atoms with Crippen molar-refractivity contribution in [3.8, 4) is 0 Å². The Morgan fingerprint density at radius 1 is 1.59 bits per heavy atom. The van der Waals surface area contributed by atoms with E-state index in [4.69, 9.17) is 5.11 Å². The number of thioether (sulfide) groups is 1. The van der Waals surface area contributed by atoms with Crippen molar-refractivity contribution in [1.29, 1.82) is 0 Å². The standard InChI is InChI=1S/C12H23NO3S/c1-9(5-7-14)17-8-6-12(2,11(15)16)13-10-3-4-10/h9-10,13-14H,3-8H2,1-2H3,(H,15,16). The SMILES string of the molecule is CC(CCO)SCCC(C)(NC1CC1)C(=O)O. The molecule has 0 aromatic heterocycles. The number of aliphatic hydroxyl groups is 1. The quantitative estimate of drug-likeness (QED) is 0.586. The van der Waals surface area contributed by atoms with Crippen LogP contribution in [-0.2, 0) is 4.79 Å². The molecule has 0 amide bonds. The van der Waals surface area contributed by atoms with E-state index in [2.05, 4.69) is 12.2 Å². The second kappa shape index (κ2) is 6.61. The molecule has 5 heteroatoms. The van der Waals surface area contributed by atoms with E-state index in [1.165, 1.54) is 0 Å². The summed E-state index contributed by atoms with van der Waals surface area (Å²) in [5, 5.41) is 21.7. The van der Waals surface area contributed by atoms with Crippen molar-refractivity contribution in [3.63, 3.8) is 0 Å². The van der Waals surface area contributed by atoms with Gasteiger partial charge in [-0.2, -0.15) is 11.8 Å². The van der Waals surface area contributed by atoms with Crippen LogP contribution in [0.2, 0.25) is 0 Å². The summed E-state index contributed by atoms with van der Waals surface area (Å²) in [6, 6.07) is 0.399. The smallest absolute Gasteiger partial charge is 0.323 e. The fourth-order valence-corrected chi connectivity index (χ4v) is 2.85. The van der Waals surface area contributed by atoms with Gasteiger partial charge < -0.3 is 10.2 Å². The fraction of sp³-hybridized carbons (Fsp3) is 0.917. The van der Waals surface area contributed by atoms with Crippen molar-refractivity contribution in [1.82, 2.24) is 5.32 Å². The summed E-state index contributed by atoms with van der Waals surface area (Å²) in [7, 11) is 0. The third kappa shape index (κ3) is 5.27. The van der Waals surface area contributed by atoms with E-state index in [9.17, 15) is 9.90 Å². The number of carboxylic acid groups (broad SMARTS) is 1. The van der Waals surface area contributed by atoms with Gasteiger partial charge in [-0.25, -0.2) is 0 Å². The van der Waals surface area contributed by atoms with Crippen LogP contribution in [0.5, 0.6) is 0 Å². The van der Waals surface area contributed by atoms with Crippen LogP contribution in [0.25, 0.3) is 0 Å². The summed E-state index contributed by atoms with van der Waals surface area (Å²) in [5.74, 6) is 0.0451. The van der Waals surface area contributed by atoms with Crippen LogP contribution < -0.4 is 5.32 Å². The molecule has 17 heavy (non-hydrogen) atoms. The predicted molar refractivity (Wildman–Crippen MR) is 70.4 cm³/mol. The third-order valence-corrected chi connectivity index (χ3v) is 4.36. The highest BCUT2D eigenvalue weighted by molar-refractivity contribution is 7.99. The Morgan fingerprint density at radius 2 is 2.24 bits per heavy atom. The van der Waals surface area contributed by atoms with Gasteiger partial charge in [-0.1, -0.05) is 6.92 Å². The highest BCUT2D eigenvalue weighted by Gasteiger charge is 2.37. The van der Waals surface area contributed by atoms with Gasteiger partial charge in [0.15, 0.2) is 0 Å². The van der Waals surface area contributed by atoms with Crippen molar-refractivity contribution in [2.45, 2.75) is 56.4 Å². The van der Waals surface area contributed by atoms with Crippen molar-refractivity contribution in [2.24, 2.45) is 0 Å². The molecule has 1 rings (SSSR count). The molecule has 0 aliphatic heterocycles. The van der Waals surface area contributed by atoms with E-state index in [1.54, 1.807) is 18.7 Å². The first-order valence-electron chi connectivity index (χ1n) is 6.21. The molecule has 0 radical (unpaired) electrons. The monoisotopic (exact) mass is 261 g/mol. The molecule has 3 N–H and O–H groups in total. The van der Waals surface area contributed by atoms with Crippen LogP contribution in [-0.4, -0.2) is 45.4 Å². The van der Waals surface area contributed by atoms with Crippen molar-refractivity contribution < 1.29 is 15.0 Å². The topological polar surface area (TPSA) is 69.6 Å². The first-order chi connectivity index (χ1) is 7.98. The van der Waals surface area contributed by atoms with Gasteiger partial charge in [-0.3, -0.25) is 10.1 Å². The summed E-state index contributed by atoms with van der Waals surface area (Å²) in [6.45, 7) is 4.03. The number of hydrogen-bond donors (Lipinski definition) is 3. The zero-order valence-corrected chi connectivity index (χ0v) is 11.4. The highest BCUT2D eigenvalue weighted by Crippen LogP contribution is 2.26. The number of hydrogen-bond acceptors (Lipinski definition) is 4. The molecule has 100 valence electrons. The molecule has 0 bridgehead atoms. The van der Waals surface area contributed by atoms with Crippen molar-refractivity contribution in [2.75, 3.05) is 12.4 Å². The van der Waals surface area contributed by atoms with Gasteiger partial charge in [0.2, 0.25) is 0 Å². The molecule has 0 saturated heterocycles. The Balaban J connectivity index is 2.30. The number of nitrogens with one attached hydrogen (secondary N) is 1. The molecule has 1 fully saturated rings. The maximum absolute atomic E-state index is 11.3. The van der Waals surface area contributed by atoms with Gasteiger partial charge in [-0.05, 0) is 38.4 Å². The molecule has 0 aromatic rings. The van der Waals surface area contributed by atoms with E-state index >= 15 is 0 Å². The number of rotatable bonds is 9. The Labute approximate surface area is 107 Å². The molecule has 1 aliphatic carbocycles. The van der Waals surface area contributed by atoms with Crippen LogP contribution in [0.4, 0.5) is 0 Å². The minimum atomic E-state index is -0.799. The average Bonchev–Trinajstić information content (AvgIpc) is 3.01. The molecule has 1 saturated carbocycles. The number of aliphatic hydroxyl groups excluding tert-OH is 1. The Hall–Kier alpha value is -0.260. The van der Waals surface area contributed by atoms with Gasteiger partial charge in [0.05, 0.1) is 0 Å². The summed E-state index contributed by atoms with van der Waals surface area (Å²) in [6.07, 6.45) is 3.58. The average molecular weight is 261 g/mol. The molecule has 2 atom stereocenters. The van der Waals surface area contributed by atoms with Gasteiger partial charge >= 0.3 is 5.97 Å². The summed E-state index contributed by atoms with van der Waals surface area (Å²) in [5.41, 5.74) is -0.799. The van der Waals surface area contributed by atoms with Crippen LogP contribution in [0.3, 0.4) is 0 Å². The zero-order chi connectivity index (χ0) is 12.9. The lowest BCUT2D eigenvalue weighted by Gasteiger charge is -2.26. The minimum Gasteiger partial charge on any atom is -0.480 e. The molecule has 0 heterocycles. The molecular weight excluding hydrogens is 238 g/mol. The van der Waals surface area contributed by atoms with Crippen LogP contribution >= 0.6 is 11.8 Å². The largest absolute Gasteiger partial charge is 0.480 e. The van der Waals surface area contributed by atoms with E-state index < -0.39 is 11.5 Å². The lowest BCUT2D eigenvalue weighted by Crippen LogP contribution is -2.51. The molecule has 1 aliphatic rings. The van der Waals surface area contributed by atoms with Gasteiger partial charge in [0, 0.05) is 17.9 Å². The molecule has 0 spiro atoms. The van der Waals surface area contributed by atoms with Gasteiger partial charge in [0.1, 0.15) is 5.54 Å².